The van der Waals surface area contributed by atoms with E-state index in [-0.39, 0.29) is 18.3 Å². The molecule has 1 amide bonds. The van der Waals surface area contributed by atoms with Gasteiger partial charge in [0.2, 0.25) is 5.91 Å². The Balaban J connectivity index is 0.00000162. The number of anilines is 2. The number of nitrogens with zero attached hydrogens (tertiary/aromatic N) is 1. The smallest absolute Gasteiger partial charge is 0.225 e. The maximum atomic E-state index is 11.6. The van der Waals surface area contributed by atoms with Gasteiger partial charge in [-0.25, -0.2) is 0 Å². The number of benzene rings is 1. The van der Waals surface area contributed by atoms with E-state index in [1.807, 2.05) is 18.2 Å². The number of nitrogens with one attached hydrogen (secondary N) is 1. The molecular formula is C13H20ClN3O. The number of carbonyl (C=O) groups excluding carboxylic acids is 1. The van der Waals surface area contributed by atoms with Crippen LogP contribution in [0.15, 0.2) is 24.3 Å². The number of nitrogens with two attached hydrogens (primary N) is 1. The first-order chi connectivity index (χ1) is 8.31. The number of hydrogen-bond acceptors (Lipinski definition) is 3. The van der Waals surface area contributed by atoms with Crippen LogP contribution in [0.4, 0.5) is 11.4 Å². The number of rotatable bonds is 4. The molecule has 0 aliphatic carbocycles. The Labute approximate surface area is 114 Å². The largest absolute Gasteiger partial charge is 0.370 e. The van der Waals surface area contributed by atoms with E-state index in [2.05, 4.69) is 16.3 Å². The van der Waals surface area contributed by atoms with Crippen LogP contribution in [0.1, 0.15) is 19.3 Å². The van der Waals surface area contributed by atoms with Crippen LogP contribution < -0.4 is 16.0 Å². The van der Waals surface area contributed by atoms with Crippen molar-refractivity contribution < 1.29 is 4.79 Å². The summed E-state index contributed by atoms with van der Waals surface area (Å²) in [7, 11) is 0. The third-order valence-electron chi connectivity index (χ3n) is 3.00. The summed E-state index contributed by atoms with van der Waals surface area (Å²) in [4.78, 5) is 13.9. The highest BCUT2D eigenvalue weighted by molar-refractivity contribution is 5.94. The molecule has 3 N–H and O–H groups in total. The Hall–Kier alpha value is -1.26. The van der Waals surface area contributed by atoms with Gasteiger partial charge in [0.1, 0.15) is 0 Å². The summed E-state index contributed by atoms with van der Waals surface area (Å²) in [6, 6.07) is 7.95. The molecular weight excluding hydrogens is 250 g/mol. The van der Waals surface area contributed by atoms with Gasteiger partial charge in [-0.05, 0) is 25.0 Å². The number of amides is 1. The molecule has 0 bridgehead atoms. The van der Waals surface area contributed by atoms with Crippen molar-refractivity contribution in [3.8, 4) is 0 Å². The average Bonchev–Trinajstić information content (AvgIpc) is 2.83. The van der Waals surface area contributed by atoms with Gasteiger partial charge < -0.3 is 16.0 Å². The minimum Gasteiger partial charge on any atom is -0.370 e. The summed E-state index contributed by atoms with van der Waals surface area (Å²) in [5.41, 5.74) is 7.39. The van der Waals surface area contributed by atoms with E-state index in [9.17, 15) is 4.79 Å². The lowest BCUT2D eigenvalue weighted by Crippen LogP contribution is -2.22. The molecule has 100 valence electrons. The van der Waals surface area contributed by atoms with Gasteiger partial charge in [-0.2, -0.15) is 0 Å². The van der Waals surface area contributed by atoms with E-state index < -0.39 is 0 Å². The van der Waals surface area contributed by atoms with Crippen LogP contribution in [-0.2, 0) is 4.79 Å². The molecule has 4 nitrogen and oxygen atoms in total. The third kappa shape index (κ3) is 3.62. The first-order valence-corrected chi connectivity index (χ1v) is 6.15. The van der Waals surface area contributed by atoms with Crippen LogP contribution in [0.5, 0.6) is 0 Å². The van der Waals surface area contributed by atoms with Crippen molar-refractivity contribution in [3.63, 3.8) is 0 Å². The summed E-state index contributed by atoms with van der Waals surface area (Å²) < 4.78 is 0. The van der Waals surface area contributed by atoms with Gasteiger partial charge in [0.15, 0.2) is 0 Å². The zero-order chi connectivity index (χ0) is 12.1. The van der Waals surface area contributed by atoms with E-state index in [1.54, 1.807) is 0 Å². The van der Waals surface area contributed by atoms with Gasteiger partial charge in [0.25, 0.3) is 0 Å². The molecule has 1 aromatic rings. The number of para-hydroxylation sites is 2. The average molecular weight is 270 g/mol. The van der Waals surface area contributed by atoms with Crippen molar-refractivity contribution in [2.75, 3.05) is 29.9 Å². The molecule has 1 saturated heterocycles. The number of halogens is 1. The Morgan fingerprint density at radius 3 is 2.61 bits per heavy atom. The molecule has 1 aliphatic heterocycles. The van der Waals surface area contributed by atoms with Crippen molar-refractivity contribution in [3.05, 3.63) is 24.3 Å². The van der Waals surface area contributed by atoms with Crippen LogP contribution in [0.25, 0.3) is 0 Å². The molecule has 0 unspecified atom stereocenters. The fourth-order valence-corrected chi connectivity index (χ4v) is 2.16. The molecule has 1 heterocycles. The minimum absolute atomic E-state index is 0. The molecule has 2 rings (SSSR count). The summed E-state index contributed by atoms with van der Waals surface area (Å²) in [6.45, 7) is 2.53. The normalized spacial score (nSPS) is 14.2. The maximum Gasteiger partial charge on any atom is 0.225 e. The lowest BCUT2D eigenvalue weighted by molar-refractivity contribution is -0.116. The van der Waals surface area contributed by atoms with E-state index in [0.29, 0.717) is 13.0 Å². The highest BCUT2D eigenvalue weighted by atomic mass is 35.5. The Morgan fingerprint density at radius 2 is 1.94 bits per heavy atom. The molecule has 5 heteroatoms. The summed E-state index contributed by atoms with van der Waals surface area (Å²) >= 11 is 0. The second kappa shape index (κ2) is 7.24. The van der Waals surface area contributed by atoms with Crippen LogP contribution in [0, 0.1) is 0 Å². The third-order valence-corrected chi connectivity index (χ3v) is 3.00. The second-order valence-corrected chi connectivity index (χ2v) is 4.30. The fraction of sp³-hybridized carbons (Fsp3) is 0.462. The van der Waals surface area contributed by atoms with Gasteiger partial charge in [-0.1, -0.05) is 12.1 Å². The predicted octanol–water partition coefficient (Wildman–Crippen LogP) is 2.00. The quantitative estimate of drug-likeness (QED) is 0.879. The molecule has 1 aromatic carbocycles. The zero-order valence-electron chi connectivity index (χ0n) is 10.4. The van der Waals surface area contributed by atoms with Crippen LogP contribution >= 0.6 is 12.4 Å². The minimum atomic E-state index is -0.0147. The van der Waals surface area contributed by atoms with Crippen molar-refractivity contribution in [1.82, 2.24) is 0 Å². The molecule has 0 radical (unpaired) electrons. The summed E-state index contributed by atoms with van der Waals surface area (Å²) in [5, 5.41) is 2.93. The highest BCUT2D eigenvalue weighted by Gasteiger charge is 2.16. The predicted molar refractivity (Wildman–Crippen MR) is 77.4 cm³/mol. The Kier molecular flexibility index (Phi) is 5.95. The first-order valence-electron chi connectivity index (χ1n) is 6.15. The maximum absolute atomic E-state index is 11.6. The summed E-state index contributed by atoms with van der Waals surface area (Å²) in [6.07, 6.45) is 2.82. The molecule has 0 atom stereocenters. The van der Waals surface area contributed by atoms with Crippen LogP contribution in [0.2, 0.25) is 0 Å². The van der Waals surface area contributed by atoms with Gasteiger partial charge in [-0.15, -0.1) is 12.4 Å². The topological polar surface area (TPSA) is 58.4 Å². The van der Waals surface area contributed by atoms with Crippen LogP contribution in [-0.4, -0.2) is 25.5 Å². The van der Waals surface area contributed by atoms with Gasteiger partial charge in [-0.3, -0.25) is 4.79 Å². The van der Waals surface area contributed by atoms with Crippen molar-refractivity contribution in [2.45, 2.75) is 19.3 Å². The summed E-state index contributed by atoms with van der Waals surface area (Å²) in [5.74, 6) is -0.0147. The highest BCUT2D eigenvalue weighted by Crippen LogP contribution is 2.28. The van der Waals surface area contributed by atoms with Crippen molar-refractivity contribution >= 4 is 29.7 Å². The fourth-order valence-electron chi connectivity index (χ4n) is 2.16. The number of hydrogen-bond donors (Lipinski definition) is 2. The molecule has 0 aromatic heterocycles. The standard InChI is InChI=1S/C13H19N3O.ClH/c14-8-7-13(17)15-11-5-1-2-6-12(11)16-9-3-4-10-16;/h1-2,5-6H,3-4,7-10,14H2,(H,15,17);1H. The lowest BCUT2D eigenvalue weighted by atomic mass is 10.2. The zero-order valence-corrected chi connectivity index (χ0v) is 11.2. The van der Waals surface area contributed by atoms with E-state index in [0.717, 1.165) is 24.5 Å². The second-order valence-electron chi connectivity index (χ2n) is 4.30. The lowest BCUT2D eigenvalue weighted by Gasteiger charge is -2.21. The van der Waals surface area contributed by atoms with E-state index >= 15 is 0 Å². The molecule has 0 saturated carbocycles. The molecule has 1 fully saturated rings. The first kappa shape index (κ1) is 14.8. The van der Waals surface area contributed by atoms with Crippen LogP contribution in [0.3, 0.4) is 0 Å². The van der Waals surface area contributed by atoms with Gasteiger partial charge in [0.05, 0.1) is 11.4 Å². The molecule has 18 heavy (non-hydrogen) atoms. The van der Waals surface area contributed by atoms with Gasteiger partial charge in [0, 0.05) is 26.1 Å². The SMILES string of the molecule is Cl.NCCC(=O)Nc1ccccc1N1CCCC1. The Bertz CT molecular complexity index is 392. The molecule has 0 spiro atoms. The van der Waals surface area contributed by atoms with Gasteiger partial charge >= 0.3 is 0 Å². The Morgan fingerprint density at radius 1 is 1.28 bits per heavy atom. The van der Waals surface area contributed by atoms with E-state index in [4.69, 9.17) is 5.73 Å². The molecule has 1 aliphatic rings. The van der Waals surface area contributed by atoms with Crippen molar-refractivity contribution in [2.24, 2.45) is 5.73 Å². The van der Waals surface area contributed by atoms with E-state index in [1.165, 1.54) is 12.8 Å². The van der Waals surface area contributed by atoms with Crippen molar-refractivity contribution in [1.29, 1.82) is 0 Å². The monoisotopic (exact) mass is 269 g/mol. The number of carbonyl (C=O) groups is 1.